The minimum atomic E-state index is -0.267. The van der Waals surface area contributed by atoms with Crippen LogP contribution in [-0.4, -0.2) is 59.2 Å². The van der Waals surface area contributed by atoms with Crippen LogP contribution >= 0.6 is 0 Å². The third-order valence-corrected chi connectivity index (χ3v) is 4.78. The van der Waals surface area contributed by atoms with Gasteiger partial charge in [0.2, 0.25) is 5.95 Å². The molecule has 2 amide bonds. The molecule has 0 spiro atoms. The Kier molecular flexibility index (Phi) is 7.38. The molecule has 0 unspecified atom stereocenters. The standard InChI is InChI=1S/C21H27N5O3/c1-2-29-21(28)26-14-10-17(11-15-26)24-20-23-13-9-18(25-20)19(27)22-12-8-16-6-4-3-5-7-16/h3-7,9,13,17H,2,8,10-12,14-15H2,1H3,(H,22,27)(H,23,24,25). The van der Waals surface area contributed by atoms with Crippen molar-refractivity contribution in [2.45, 2.75) is 32.2 Å². The van der Waals surface area contributed by atoms with Gasteiger partial charge in [0.05, 0.1) is 6.61 Å². The zero-order chi connectivity index (χ0) is 20.5. The van der Waals surface area contributed by atoms with Crippen molar-refractivity contribution in [1.29, 1.82) is 0 Å². The highest BCUT2D eigenvalue weighted by atomic mass is 16.6. The summed E-state index contributed by atoms with van der Waals surface area (Å²) in [6.45, 7) is 3.97. The molecule has 1 aliphatic heterocycles. The van der Waals surface area contributed by atoms with Gasteiger partial charge >= 0.3 is 6.09 Å². The highest BCUT2D eigenvalue weighted by Gasteiger charge is 2.24. The first-order valence-corrected chi connectivity index (χ1v) is 9.99. The monoisotopic (exact) mass is 397 g/mol. The molecule has 1 aromatic carbocycles. The van der Waals surface area contributed by atoms with Crippen molar-refractivity contribution < 1.29 is 14.3 Å². The minimum absolute atomic E-state index is 0.150. The van der Waals surface area contributed by atoms with E-state index in [9.17, 15) is 9.59 Å². The summed E-state index contributed by atoms with van der Waals surface area (Å²) in [6.07, 6.45) is 3.62. The Morgan fingerprint density at radius 2 is 1.93 bits per heavy atom. The lowest BCUT2D eigenvalue weighted by Gasteiger charge is -2.31. The maximum absolute atomic E-state index is 12.4. The van der Waals surface area contributed by atoms with Gasteiger partial charge in [0.1, 0.15) is 5.69 Å². The molecule has 1 aromatic heterocycles. The van der Waals surface area contributed by atoms with Crippen LogP contribution in [0.15, 0.2) is 42.6 Å². The van der Waals surface area contributed by atoms with Crippen molar-refractivity contribution >= 4 is 17.9 Å². The van der Waals surface area contributed by atoms with Gasteiger partial charge in [0.15, 0.2) is 0 Å². The van der Waals surface area contributed by atoms with Crippen molar-refractivity contribution in [2.24, 2.45) is 0 Å². The first-order valence-electron chi connectivity index (χ1n) is 9.99. The molecule has 8 nitrogen and oxygen atoms in total. The van der Waals surface area contributed by atoms with Crippen LogP contribution in [0.3, 0.4) is 0 Å². The number of nitrogens with zero attached hydrogens (tertiary/aromatic N) is 3. The number of ether oxygens (including phenoxy) is 1. The summed E-state index contributed by atoms with van der Waals surface area (Å²) in [5.41, 5.74) is 1.51. The van der Waals surface area contributed by atoms with Gasteiger partial charge < -0.3 is 20.3 Å². The summed E-state index contributed by atoms with van der Waals surface area (Å²) in [5.74, 6) is 0.207. The van der Waals surface area contributed by atoms with Crippen molar-refractivity contribution in [3.05, 3.63) is 53.9 Å². The van der Waals surface area contributed by atoms with Gasteiger partial charge in [-0.15, -0.1) is 0 Å². The number of carbonyl (C=O) groups is 2. The third-order valence-electron chi connectivity index (χ3n) is 4.78. The Hall–Kier alpha value is -3.16. The van der Waals surface area contributed by atoms with Crippen LogP contribution in [0, 0.1) is 0 Å². The third kappa shape index (κ3) is 6.17. The van der Waals surface area contributed by atoms with E-state index in [2.05, 4.69) is 20.6 Å². The Labute approximate surface area is 170 Å². The zero-order valence-corrected chi connectivity index (χ0v) is 16.6. The Balaban J connectivity index is 1.47. The lowest BCUT2D eigenvalue weighted by atomic mass is 10.1. The highest BCUT2D eigenvalue weighted by Crippen LogP contribution is 2.15. The molecular formula is C21H27N5O3. The van der Waals surface area contributed by atoms with Crippen LogP contribution in [0.2, 0.25) is 0 Å². The van der Waals surface area contributed by atoms with Crippen LogP contribution in [0.5, 0.6) is 0 Å². The number of carbonyl (C=O) groups excluding carboxylic acids is 2. The average molecular weight is 397 g/mol. The number of aromatic nitrogens is 2. The number of piperidine rings is 1. The van der Waals surface area contributed by atoms with E-state index in [0.717, 1.165) is 19.3 Å². The quantitative estimate of drug-likeness (QED) is 0.745. The molecule has 2 heterocycles. The second-order valence-electron chi connectivity index (χ2n) is 6.86. The summed E-state index contributed by atoms with van der Waals surface area (Å²) in [5, 5.41) is 6.16. The maximum atomic E-state index is 12.4. The van der Waals surface area contributed by atoms with Gasteiger partial charge in [-0.2, -0.15) is 0 Å². The maximum Gasteiger partial charge on any atom is 0.409 e. The minimum Gasteiger partial charge on any atom is -0.450 e. The number of rotatable bonds is 7. The Morgan fingerprint density at radius 1 is 1.17 bits per heavy atom. The summed E-state index contributed by atoms with van der Waals surface area (Å²) >= 11 is 0. The van der Waals surface area contributed by atoms with Crippen molar-refractivity contribution in [1.82, 2.24) is 20.2 Å². The SMILES string of the molecule is CCOC(=O)N1CCC(Nc2nccc(C(=O)NCCc3ccccc3)n2)CC1. The predicted octanol–water partition coefficient (Wildman–Crippen LogP) is 2.48. The second kappa shape index (κ2) is 10.4. The first kappa shape index (κ1) is 20.6. The van der Waals surface area contributed by atoms with Crippen LogP contribution < -0.4 is 10.6 Å². The fourth-order valence-electron chi connectivity index (χ4n) is 3.21. The summed E-state index contributed by atoms with van der Waals surface area (Å²) in [4.78, 5) is 34.4. The van der Waals surface area contributed by atoms with Crippen molar-refractivity contribution in [3.8, 4) is 0 Å². The van der Waals surface area contributed by atoms with Gasteiger partial charge in [-0.05, 0) is 37.8 Å². The molecule has 3 rings (SSSR count). The van der Waals surface area contributed by atoms with Gasteiger partial charge in [0.25, 0.3) is 5.91 Å². The number of nitrogens with one attached hydrogen (secondary N) is 2. The number of hydrogen-bond donors (Lipinski definition) is 2. The molecule has 1 aliphatic rings. The highest BCUT2D eigenvalue weighted by molar-refractivity contribution is 5.92. The first-order chi connectivity index (χ1) is 14.2. The zero-order valence-electron chi connectivity index (χ0n) is 16.6. The lowest BCUT2D eigenvalue weighted by Crippen LogP contribution is -2.42. The molecule has 0 saturated carbocycles. The molecular weight excluding hydrogens is 370 g/mol. The van der Waals surface area contributed by atoms with Gasteiger partial charge in [-0.1, -0.05) is 30.3 Å². The molecule has 29 heavy (non-hydrogen) atoms. The van der Waals surface area contributed by atoms with E-state index < -0.39 is 0 Å². The topological polar surface area (TPSA) is 96.5 Å². The van der Waals surface area contributed by atoms with E-state index >= 15 is 0 Å². The van der Waals surface area contributed by atoms with Crippen molar-refractivity contribution in [3.63, 3.8) is 0 Å². The largest absolute Gasteiger partial charge is 0.450 e. The summed E-state index contributed by atoms with van der Waals surface area (Å²) in [7, 11) is 0. The van der Waals surface area contributed by atoms with Gasteiger partial charge in [-0.25, -0.2) is 14.8 Å². The van der Waals surface area contributed by atoms with E-state index in [4.69, 9.17) is 4.74 Å². The molecule has 0 bridgehead atoms. The average Bonchev–Trinajstić information content (AvgIpc) is 2.75. The molecule has 8 heteroatoms. The van der Waals surface area contributed by atoms with Gasteiger partial charge in [-0.3, -0.25) is 4.79 Å². The number of amides is 2. The molecule has 1 saturated heterocycles. The molecule has 0 radical (unpaired) electrons. The molecule has 0 aliphatic carbocycles. The van der Waals surface area contributed by atoms with Gasteiger partial charge in [0, 0.05) is 31.9 Å². The molecule has 0 atom stereocenters. The molecule has 154 valence electrons. The smallest absolute Gasteiger partial charge is 0.409 e. The number of likely N-dealkylation sites (tertiary alicyclic amines) is 1. The van der Waals surface area contributed by atoms with E-state index in [0.29, 0.717) is 37.9 Å². The normalized spacial score (nSPS) is 14.3. The Morgan fingerprint density at radius 3 is 2.66 bits per heavy atom. The van der Waals surface area contributed by atoms with Crippen LogP contribution in [-0.2, 0) is 11.2 Å². The predicted molar refractivity (Wildman–Crippen MR) is 110 cm³/mol. The molecule has 2 aromatic rings. The Bertz CT molecular complexity index is 807. The number of hydrogen-bond acceptors (Lipinski definition) is 6. The summed E-state index contributed by atoms with van der Waals surface area (Å²) < 4.78 is 5.03. The molecule has 1 fully saturated rings. The summed E-state index contributed by atoms with van der Waals surface area (Å²) in [6, 6.07) is 11.8. The number of benzene rings is 1. The van der Waals surface area contributed by atoms with Crippen LogP contribution in [0.1, 0.15) is 35.8 Å². The van der Waals surface area contributed by atoms with E-state index in [-0.39, 0.29) is 18.0 Å². The number of anilines is 1. The fourth-order valence-corrected chi connectivity index (χ4v) is 3.21. The van der Waals surface area contributed by atoms with E-state index in [1.807, 2.05) is 30.3 Å². The fraction of sp³-hybridized carbons (Fsp3) is 0.429. The van der Waals surface area contributed by atoms with Crippen LogP contribution in [0.4, 0.5) is 10.7 Å². The van der Waals surface area contributed by atoms with Crippen LogP contribution in [0.25, 0.3) is 0 Å². The molecule has 2 N–H and O–H groups in total. The van der Waals surface area contributed by atoms with E-state index in [1.165, 1.54) is 5.56 Å². The van der Waals surface area contributed by atoms with E-state index in [1.54, 1.807) is 24.1 Å². The van der Waals surface area contributed by atoms with Crippen molar-refractivity contribution in [2.75, 3.05) is 31.6 Å². The second-order valence-corrected chi connectivity index (χ2v) is 6.86. The lowest BCUT2D eigenvalue weighted by molar-refractivity contribution is 0.0946.